The summed E-state index contributed by atoms with van der Waals surface area (Å²) in [7, 11) is 3.52. The van der Waals surface area contributed by atoms with Crippen LogP contribution in [0.1, 0.15) is 20.3 Å². The number of benzene rings is 1. The van der Waals surface area contributed by atoms with Crippen LogP contribution in [0.2, 0.25) is 0 Å². The Morgan fingerprint density at radius 1 is 1.50 bits per heavy atom. The predicted molar refractivity (Wildman–Crippen MR) is 65.1 cm³/mol. The van der Waals surface area contributed by atoms with E-state index in [1.807, 2.05) is 29.0 Å². The first kappa shape index (κ1) is 11.6. The van der Waals surface area contributed by atoms with Gasteiger partial charge < -0.3 is 0 Å². The lowest BCUT2D eigenvalue weighted by atomic mass is 10.3. The molecule has 1 rings (SSSR count). The largest absolute Gasteiger partial charge is 0.145 e. The van der Waals surface area contributed by atoms with Crippen LogP contribution in [0.4, 0.5) is 5.69 Å². The second-order valence-corrected chi connectivity index (χ2v) is 5.70. The highest BCUT2D eigenvalue weighted by Crippen LogP contribution is 2.36. The Balaban J connectivity index is 2.54. The molecule has 0 N–H and O–H groups in total. The highest BCUT2D eigenvalue weighted by molar-refractivity contribution is 8.76. The Labute approximate surface area is 92.2 Å². The van der Waals surface area contributed by atoms with Crippen molar-refractivity contribution in [3.8, 4) is 0 Å². The van der Waals surface area contributed by atoms with Crippen molar-refractivity contribution in [2.75, 3.05) is 0 Å². The fourth-order valence-corrected chi connectivity index (χ4v) is 3.06. The molecule has 0 fully saturated rings. The van der Waals surface area contributed by atoms with E-state index in [1.165, 1.54) is 0 Å². The molecule has 0 saturated heterocycles. The van der Waals surface area contributed by atoms with Crippen LogP contribution in [0.3, 0.4) is 0 Å². The Kier molecular flexibility index (Phi) is 5.04. The Morgan fingerprint density at radius 3 is 2.93 bits per heavy atom. The summed E-state index contributed by atoms with van der Waals surface area (Å²) >= 11 is 0. The number of hydrogen-bond donors (Lipinski definition) is 0. The smallest absolute Gasteiger partial charge is 0.109 e. The molecule has 4 heteroatoms. The van der Waals surface area contributed by atoms with Gasteiger partial charge in [0.1, 0.15) is 5.69 Å². The summed E-state index contributed by atoms with van der Waals surface area (Å²) in [4.78, 5) is 11.4. The minimum Gasteiger partial charge on any atom is -0.145 e. The molecule has 1 atom stereocenters. The van der Waals surface area contributed by atoms with Gasteiger partial charge in [-0.15, -0.1) is 4.91 Å². The summed E-state index contributed by atoms with van der Waals surface area (Å²) in [5, 5.41) is 3.54. The lowest BCUT2D eigenvalue weighted by molar-refractivity contribution is 0.912. The second-order valence-electron chi connectivity index (χ2n) is 2.99. The Morgan fingerprint density at radius 2 is 2.29 bits per heavy atom. The molecule has 0 spiro atoms. The molecule has 76 valence electrons. The third-order valence-corrected chi connectivity index (χ3v) is 4.86. The van der Waals surface area contributed by atoms with Crippen LogP contribution in [0.25, 0.3) is 0 Å². The van der Waals surface area contributed by atoms with Gasteiger partial charge in [-0.1, -0.05) is 41.5 Å². The molecular weight excluding hydrogens is 214 g/mol. The minimum atomic E-state index is 0.500. The quantitative estimate of drug-likeness (QED) is 0.543. The third kappa shape index (κ3) is 3.72. The van der Waals surface area contributed by atoms with Crippen molar-refractivity contribution >= 4 is 27.3 Å². The normalized spacial score (nSPS) is 12.4. The Hall–Kier alpha value is -0.480. The molecule has 1 aromatic carbocycles. The van der Waals surface area contributed by atoms with Gasteiger partial charge in [-0.25, -0.2) is 0 Å². The van der Waals surface area contributed by atoms with Crippen LogP contribution >= 0.6 is 21.6 Å². The van der Waals surface area contributed by atoms with Crippen molar-refractivity contribution in [2.24, 2.45) is 5.18 Å². The molecule has 0 bridgehead atoms. The first-order valence-electron chi connectivity index (χ1n) is 4.53. The molecular formula is C10H13NOS2. The lowest BCUT2D eigenvalue weighted by Gasteiger charge is -2.06. The highest BCUT2D eigenvalue weighted by atomic mass is 33.1. The monoisotopic (exact) mass is 227 g/mol. The number of nitroso groups, excluding NO2 is 1. The molecule has 0 saturated carbocycles. The van der Waals surface area contributed by atoms with Gasteiger partial charge in [0.25, 0.3) is 0 Å². The van der Waals surface area contributed by atoms with Crippen molar-refractivity contribution in [3.05, 3.63) is 29.2 Å². The molecule has 14 heavy (non-hydrogen) atoms. The van der Waals surface area contributed by atoms with E-state index < -0.39 is 0 Å². The first-order chi connectivity index (χ1) is 6.76. The van der Waals surface area contributed by atoms with E-state index in [0.29, 0.717) is 10.9 Å². The van der Waals surface area contributed by atoms with E-state index in [0.717, 1.165) is 11.3 Å². The van der Waals surface area contributed by atoms with Crippen molar-refractivity contribution in [2.45, 2.75) is 30.4 Å². The topological polar surface area (TPSA) is 29.4 Å². The average molecular weight is 227 g/mol. The summed E-state index contributed by atoms with van der Waals surface area (Å²) in [6, 6.07) is 7.38. The van der Waals surface area contributed by atoms with E-state index in [2.05, 4.69) is 19.0 Å². The predicted octanol–water partition coefficient (Wildman–Crippen LogP) is 4.62. The van der Waals surface area contributed by atoms with Gasteiger partial charge >= 0.3 is 0 Å². The van der Waals surface area contributed by atoms with Crippen molar-refractivity contribution in [3.63, 3.8) is 0 Å². The van der Waals surface area contributed by atoms with E-state index in [9.17, 15) is 4.91 Å². The van der Waals surface area contributed by atoms with Gasteiger partial charge in [0.05, 0.1) is 0 Å². The summed E-state index contributed by atoms with van der Waals surface area (Å²) in [5.41, 5.74) is 0.500. The molecule has 0 aliphatic rings. The van der Waals surface area contributed by atoms with E-state index in [4.69, 9.17) is 0 Å². The lowest BCUT2D eigenvalue weighted by Crippen LogP contribution is -1.87. The average Bonchev–Trinajstić information content (AvgIpc) is 2.26. The van der Waals surface area contributed by atoms with Gasteiger partial charge in [-0.05, 0) is 29.8 Å². The molecule has 0 aromatic heterocycles. The SMILES string of the molecule is CCC(C)SSc1cccc(N=O)c1. The summed E-state index contributed by atoms with van der Waals surface area (Å²) in [5.74, 6) is 0. The van der Waals surface area contributed by atoms with Crippen LogP contribution in [0.15, 0.2) is 34.3 Å². The van der Waals surface area contributed by atoms with Crippen LogP contribution in [0.5, 0.6) is 0 Å². The highest BCUT2D eigenvalue weighted by Gasteiger charge is 2.02. The molecule has 0 amide bonds. The molecule has 1 aromatic rings. The van der Waals surface area contributed by atoms with E-state index >= 15 is 0 Å². The Bertz CT molecular complexity index is 304. The zero-order chi connectivity index (χ0) is 10.4. The standard InChI is InChI=1S/C10H13NOS2/c1-3-8(2)13-14-10-6-4-5-9(7-10)11-12/h4-8H,3H2,1-2H3. The van der Waals surface area contributed by atoms with Crippen LogP contribution in [-0.4, -0.2) is 5.25 Å². The van der Waals surface area contributed by atoms with E-state index in [1.54, 1.807) is 16.9 Å². The van der Waals surface area contributed by atoms with Gasteiger partial charge in [-0.2, -0.15) is 0 Å². The van der Waals surface area contributed by atoms with Crippen molar-refractivity contribution in [1.29, 1.82) is 0 Å². The summed E-state index contributed by atoms with van der Waals surface area (Å²) in [6.45, 7) is 4.36. The van der Waals surface area contributed by atoms with Crippen molar-refractivity contribution in [1.82, 2.24) is 0 Å². The zero-order valence-corrected chi connectivity index (χ0v) is 9.90. The third-order valence-electron chi connectivity index (χ3n) is 1.81. The van der Waals surface area contributed by atoms with Gasteiger partial charge in [0, 0.05) is 10.1 Å². The molecule has 0 radical (unpaired) electrons. The number of hydrogen-bond acceptors (Lipinski definition) is 4. The van der Waals surface area contributed by atoms with Gasteiger partial charge in [0.15, 0.2) is 0 Å². The second kappa shape index (κ2) is 6.09. The van der Waals surface area contributed by atoms with Crippen LogP contribution in [-0.2, 0) is 0 Å². The fraction of sp³-hybridized carbons (Fsp3) is 0.400. The maximum Gasteiger partial charge on any atom is 0.109 e. The maximum absolute atomic E-state index is 10.3. The number of rotatable bonds is 5. The molecule has 1 unspecified atom stereocenters. The molecule has 0 heterocycles. The molecule has 0 aliphatic carbocycles. The van der Waals surface area contributed by atoms with E-state index in [-0.39, 0.29) is 0 Å². The zero-order valence-electron chi connectivity index (χ0n) is 8.27. The molecule has 0 aliphatic heterocycles. The van der Waals surface area contributed by atoms with Gasteiger partial charge in [0.2, 0.25) is 0 Å². The molecule has 2 nitrogen and oxygen atoms in total. The first-order valence-corrected chi connectivity index (χ1v) is 6.74. The van der Waals surface area contributed by atoms with Gasteiger partial charge in [-0.3, -0.25) is 0 Å². The van der Waals surface area contributed by atoms with Crippen molar-refractivity contribution < 1.29 is 0 Å². The van der Waals surface area contributed by atoms with Crippen LogP contribution < -0.4 is 0 Å². The van der Waals surface area contributed by atoms with Crippen LogP contribution in [0, 0.1) is 4.91 Å². The minimum absolute atomic E-state index is 0.500. The fourth-order valence-electron chi connectivity index (χ4n) is 0.798. The number of nitrogens with zero attached hydrogens (tertiary/aromatic N) is 1. The maximum atomic E-state index is 10.3. The summed E-state index contributed by atoms with van der Waals surface area (Å²) in [6.07, 6.45) is 1.16. The summed E-state index contributed by atoms with van der Waals surface area (Å²) < 4.78 is 0.